The first-order chi connectivity index (χ1) is 14.7. The van der Waals surface area contributed by atoms with E-state index in [-0.39, 0.29) is 22.6 Å². The summed E-state index contributed by atoms with van der Waals surface area (Å²) in [5.74, 6) is -0.316. The Hall–Kier alpha value is -3.39. The van der Waals surface area contributed by atoms with Gasteiger partial charge in [0.1, 0.15) is 0 Å². The third kappa shape index (κ3) is 5.40. The topological polar surface area (TPSA) is 104 Å². The molecule has 0 aromatic heterocycles. The van der Waals surface area contributed by atoms with Crippen molar-refractivity contribution in [2.45, 2.75) is 37.1 Å². The molecule has 0 radical (unpaired) electrons. The van der Waals surface area contributed by atoms with E-state index in [0.717, 1.165) is 11.1 Å². The van der Waals surface area contributed by atoms with Gasteiger partial charge in [0.25, 0.3) is 5.91 Å². The SMILES string of the molecule is C=C(/C=C\C)C(C)NC(=O)Nc1ccc(S(=O)(=O)Cc2ccc3c(c2)CNC3=O)cc1. The molecule has 3 rings (SSSR count). The van der Waals surface area contributed by atoms with Gasteiger partial charge in [-0.3, -0.25) is 4.79 Å². The zero-order chi connectivity index (χ0) is 22.6. The highest BCUT2D eigenvalue weighted by molar-refractivity contribution is 7.90. The van der Waals surface area contributed by atoms with Crippen LogP contribution in [0.15, 0.2) is 71.7 Å². The van der Waals surface area contributed by atoms with Crippen LogP contribution in [0.5, 0.6) is 0 Å². The zero-order valence-electron chi connectivity index (χ0n) is 17.4. The fourth-order valence-corrected chi connectivity index (χ4v) is 4.57. The lowest BCUT2D eigenvalue weighted by Crippen LogP contribution is -2.36. The van der Waals surface area contributed by atoms with Crippen molar-refractivity contribution >= 4 is 27.5 Å². The van der Waals surface area contributed by atoms with Crippen molar-refractivity contribution in [3.63, 3.8) is 0 Å². The first kappa shape index (κ1) is 22.3. The van der Waals surface area contributed by atoms with Gasteiger partial charge in [-0.15, -0.1) is 0 Å². The van der Waals surface area contributed by atoms with E-state index in [1.165, 1.54) is 12.1 Å². The molecule has 0 spiro atoms. The molecule has 0 saturated heterocycles. The molecule has 7 nitrogen and oxygen atoms in total. The fourth-order valence-electron chi connectivity index (χ4n) is 3.24. The first-order valence-electron chi connectivity index (χ1n) is 9.81. The predicted octanol–water partition coefficient (Wildman–Crippen LogP) is 3.55. The normalized spacial score (nSPS) is 14.1. The number of anilines is 1. The summed E-state index contributed by atoms with van der Waals surface area (Å²) in [6, 6.07) is 10.4. The molecule has 0 saturated carbocycles. The summed E-state index contributed by atoms with van der Waals surface area (Å²) in [6.07, 6.45) is 3.66. The third-order valence-electron chi connectivity index (χ3n) is 4.97. The highest BCUT2D eigenvalue weighted by Crippen LogP contribution is 2.22. The molecule has 0 fully saturated rings. The van der Waals surface area contributed by atoms with E-state index in [1.54, 1.807) is 30.3 Å². The van der Waals surface area contributed by atoms with Crippen LogP contribution in [0.2, 0.25) is 0 Å². The van der Waals surface area contributed by atoms with Gasteiger partial charge in [0.05, 0.1) is 16.7 Å². The Morgan fingerprint density at radius 3 is 2.61 bits per heavy atom. The summed E-state index contributed by atoms with van der Waals surface area (Å²) >= 11 is 0. The molecule has 3 N–H and O–H groups in total. The summed E-state index contributed by atoms with van der Waals surface area (Å²) in [5, 5.41) is 8.16. The van der Waals surface area contributed by atoms with Crippen LogP contribution in [0.1, 0.15) is 35.3 Å². The Morgan fingerprint density at radius 1 is 1.23 bits per heavy atom. The number of hydrogen-bond donors (Lipinski definition) is 3. The average Bonchev–Trinajstić information content (AvgIpc) is 3.08. The summed E-state index contributed by atoms with van der Waals surface area (Å²) in [7, 11) is -3.58. The van der Waals surface area contributed by atoms with E-state index in [4.69, 9.17) is 0 Å². The highest BCUT2D eigenvalue weighted by Gasteiger charge is 2.21. The molecule has 0 bridgehead atoms. The molecule has 31 heavy (non-hydrogen) atoms. The molecule has 8 heteroatoms. The molecule has 1 atom stereocenters. The standard InChI is InChI=1S/C23H25N3O4S/c1-4-5-15(2)16(3)25-23(28)26-19-7-9-20(10-8-19)31(29,30)14-17-6-11-21-18(12-17)13-24-22(21)27/h4-12,16H,2,13-14H2,1,3H3,(H,24,27)(H2,25,26,28)/b5-4-. The number of carbonyl (C=O) groups is 2. The number of sulfone groups is 1. The van der Waals surface area contributed by atoms with Crippen molar-refractivity contribution in [3.8, 4) is 0 Å². The Kier molecular flexibility index (Phi) is 6.60. The van der Waals surface area contributed by atoms with E-state index < -0.39 is 15.9 Å². The molecular formula is C23H25N3O4S. The summed E-state index contributed by atoms with van der Waals surface area (Å²) in [6.45, 7) is 7.99. The van der Waals surface area contributed by atoms with E-state index in [9.17, 15) is 18.0 Å². The van der Waals surface area contributed by atoms with Gasteiger partial charge < -0.3 is 16.0 Å². The lowest BCUT2D eigenvalue weighted by molar-refractivity contribution is 0.0965. The number of allylic oxidation sites excluding steroid dienone is 1. The largest absolute Gasteiger partial charge is 0.348 e. The molecular weight excluding hydrogens is 414 g/mol. The number of nitrogens with one attached hydrogen (secondary N) is 3. The lowest BCUT2D eigenvalue weighted by atomic mass is 10.1. The number of amides is 3. The second kappa shape index (κ2) is 9.18. The van der Waals surface area contributed by atoms with Crippen molar-refractivity contribution in [2.24, 2.45) is 0 Å². The fraction of sp³-hybridized carbons (Fsp3) is 0.217. The van der Waals surface area contributed by atoms with E-state index in [0.29, 0.717) is 23.4 Å². The Labute approximate surface area is 182 Å². The molecule has 2 aromatic rings. The minimum Gasteiger partial charge on any atom is -0.348 e. The average molecular weight is 440 g/mol. The number of rotatable bonds is 7. The quantitative estimate of drug-likeness (QED) is 0.574. The smallest absolute Gasteiger partial charge is 0.319 e. The second-order valence-corrected chi connectivity index (χ2v) is 9.34. The van der Waals surface area contributed by atoms with E-state index >= 15 is 0 Å². The Balaban J connectivity index is 1.64. The van der Waals surface area contributed by atoms with Crippen molar-refractivity contribution < 1.29 is 18.0 Å². The zero-order valence-corrected chi connectivity index (χ0v) is 18.3. The van der Waals surface area contributed by atoms with Crippen LogP contribution in [-0.2, 0) is 22.1 Å². The highest BCUT2D eigenvalue weighted by atomic mass is 32.2. The van der Waals surface area contributed by atoms with Gasteiger partial charge in [0.2, 0.25) is 0 Å². The number of fused-ring (bicyclic) bond motifs is 1. The molecule has 0 aliphatic carbocycles. The molecule has 1 aliphatic heterocycles. The molecule has 1 aliphatic rings. The summed E-state index contributed by atoms with van der Waals surface area (Å²) in [5.41, 5.74) is 3.24. The van der Waals surface area contributed by atoms with Crippen LogP contribution in [-0.4, -0.2) is 26.4 Å². The van der Waals surface area contributed by atoms with Crippen LogP contribution < -0.4 is 16.0 Å². The van der Waals surface area contributed by atoms with Gasteiger partial charge in [-0.2, -0.15) is 0 Å². The monoisotopic (exact) mass is 439 g/mol. The molecule has 162 valence electrons. The maximum Gasteiger partial charge on any atom is 0.319 e. The third-order valence-corrected chi connectivity index (χ3v) is 6.67. The van der Waals surface area contributed by atoms with Crippen LogP contribution >= 0.6 is 0 Å². The van der Waals surface area contributed by atoms with Crippen LogP contribution in [0, 0.1) is 0 Å². The molecule has 1 unspecified atom stereocenters. The Morgan fingerprint density at radius 2 is 1.94 bits per heavy atom. The minimum absolute atomic E-state index is 0.142. The van der Waals surface area contributed by atoms with Gasteiger partial charge in [0.15, 0.2) is 9.84 Å². The van der Waals surface area contributed by atoms with Crippen LogP contribution in [0.4, 0.5) is 10.5 Å². The summed E-state index contributed by atoms with van der Waals surface area (Å²) < 4.78 is 25.6. The predicted molar refractivity (Wildman–Crippen MR) is 121 cm³/mol. The molecule has 2 aromatic carbocycles. The van der Waals surface area contributed by atoms with Crippen LogP contribution in [0.3, 0.4) is 0 Å². The van der Waals surface area contributed by atoms with E-state index in [1.807, 2.05) is 26.0 Å². The minimum atomic E-state index is -3.58. The van der Waals surface area contributed by atoms with Gasteiger partial charge in [-0.05, 0) is 60.9 Å². The number of urea groups is 1. The number of hydrogen-bond acceptors (Lipinski definition) is 4. The Bertz CT molecular complexity index is 1150. The van der Waals surface area contributed by atoms with Gasteiger partial charge in [-0.25, -0.2) is 13.2 Å². The van der Waals surface area contributed by atoms with Gasteiger partial charge >= 0.3 is 6.03 Å². The molecule has 3 amide bonds. The van der Waals surface area contributed by atoms with E-state index in [2.05, 4.69) is 22.5 Å². The van der Waals surface area contributed by atoms with Crippen LogP contribution in [0.25, 0.3) is 0 Å². The van der Waals surface area contributed by atoms with Crippen molar-refractivity contribution in [3.05, 3.63) is 83.5 Å². The van der Waals surface area contributed by atoms with Crippen molar-refractivity contribution in [2.75, 3.05) is 5.32 Å². The number of carbonyl (C=O) groups excluding carboxylic acids is 2. The van der Waals surface area contributed by atoms with Crippen molar-refractivity contribution in [1.82, 2.24) is 10.6 Å². The maximum atomic E-state index is 12.8. The lowest BCUT2D eigenvalue weighted by Gasteiger charge is -2.15. The second-order valence-electron chi connectivity index (χ2n) is 7.35. The van der Waals surface area contributed by atoms with Gasteiger partial charge in [0, 0.05) is 17.8 Å². The van der Waals surface area contributed by atoms with Gasteiger partial charge in [-0.1, -0.05) is 30.9 Å². The maximum absolute atomic E-state index is 12.8. The first-order valence-corrected chi connectivity index (χ1v) is 11.5. The van der Waals surface area contributed by atoms with Crippen molar-refractivity contribution in [1.29, 1.82) is 0 Å². The number of benzene rings is 2. The molecule has 1 heterocycles. The summed E-state index contributed by atoms with van der Waals surface area (Å²) in [4.78, 5) is 23.9.